The second kappa shape index (κ2) is 5.80. The number of rotatable bonds is 5. The van der Waals surface area contributed by atoms with Gasteiger partial charge in [-0.05, 0) is 18.2 Å². The topological polar surface area (TPSA) is 87.2 Å². The van der Waals surface area contributed by atoms with Gasteiger partial charge >= 0.3 is 0 Å². The van der Waals surface area contributed by atoms with Crippen LogP contribution >= 0.6 is 0 Å². The van der Waals surface area contributed by atoms with E-state index in [9.17, 15) is 12.8 Å². The monoisotopic (exact) mass is 271 g/mol. The van der Waals surface area contributed by atoms with Gasteiger partial charge in [-0.15, -0.1) is 0 Å². The van der Waals surface area contributed by atoms with Crippen LogP contribution in [0, 0.1) is 17.1 Å². The molecule has 5 nitrogen and oxygen atoms in total. The number of hydrogen-bond acceptors (Lipinski definition) is 4. The molecule has 1 rings (SSSR count). The molecule has 18 heavy (non-hydrogen) atoms. The van der Waals surface area contributed by atoms with E-state index in [0.29, 0.717) is 0 Å². The summed E-state index contributed by atoms with van der Waals surface area (Å²) in [4.78, 5) is -0.262. The van der Waals surface area contributed by atoms with Gasteiger partial charge in [-0.3, -0.25) is 0 Å². The number of halogens is 1. The van der Waals surface area contributed by atoms with Crippen LogP contribution in [-0.2, 0) is 10.0 Å². The van der Waals surface area contributed by atoms with Gasteiger partial charge in [-0.25, -0.2) is 12.8 Å². The summed E-state index contributed by atoms with van der Waals surface area (Å²) in [6, 6.07) is 5.07. The van der Waals surface area contributed by atoms with Crippen LogP contribution in [0.1, 0.15) is 13.3 Å². The third kappa shape index (κ3) is 2.97. The molecule has 0 aliphatic rings. The third-order valence-electron chi connectivity index (χ3n) is 2.42. The van der Waals surface area contributed by atoms with Gasteiger partial charge < -0.3 is 5.73 Å². The number of sulfonamides is 1. The lowest BCUT2D eigenvalue weighted by Gasteiger charge is -2.20. The number of nitriles is 1. The number of nitrogens with two attached hydrogens (primary N) is 1. The van der Waals surface area contributed by atoms with Crippen molar-refractivity contribution in [1.82, 2.24) is 4.31 Å². The first kappa shape index (κ1) is 14.4. The van der Waals surface area contributed by atoms with E-state index >= 15 is 0 Å². The van der Waals surface area contributed by atoms with E-state index in [2.05, 4.69) is 0 Å². The average molecular weight is 271 g/mol. The molecule has 0 heterocycles. The lowest BCUT2D eigenvalue weighted by molar-refractivity contribution is 0.434. The molecule has 98 valence electrons. The molecule has 0 spiro atoms. The molecule has 0 fully saturated rings. The molecule has 0 saturated heterocycles. The van der Waals surface area contributed by atoms with E-state index in [1.165, 1.54) is 6.07 Å². The molecular formula is C11H14FN3O2S. The molecule has 0 unspecified atom stereocenters. The molecule has 1 aromatic rings. The van der Waals surface area contributed by atoms with Crippen molar-refractivity contribution in [1.29, 1.82) is 5.26 Å². The molecule has 2 N–H and O–H groups in total. The molecule has 0 aliphatic heterocycles. The molecule has 0 bridgehead atoms. The summed E-state index contributed by atoms with van der Waals surface area (Å²) in [6.45, 7) is 1.90. The zero-order valence-corrected chi connectivity index (χ0v) is 10.7. The van der Waals surface area contributed by atoms with Gasteiger partial charge in [0, 0.05) is 19.5 Å². The minimum atomic E-state index is -3.86. The Morgan fingerprint density at radius 2 is 2.17 bits per heavy atom. The fourth-order valence-corrected chi connectivity index (χ4v) is 3.07. The Morgan fingerprint density at radius 3 is 2.72 bits per heavy atom. The number of hydrogen-bond donors (Lipinski definition) is 1. The number of benzene rings is 1. The van der Waals surface area contributed by atoms with Crippen molar-refractivity contribution in [2.45, 2.75) is 18.2 Å². The van der Waals surface area contributed by atoms with Gasteiger partial charge in [0.25, 0.3) is 0 Å². The Kier molecular flexibility index (Phi) is 4.64. The summed E-state index contributed by atoms with van der Waals surface area (Å²) >= 11 is 0. The van der Waals surface area contributed by atoms with Crippen LogP contribution in [0.2, 0.25) is 0 Å². The van der Waals surface area contributed by atoms with Crippen LogP contribution in [0.4, 0.5) is 10.1 Å². The molecule has 7 heteroatoms. The van der Waals surface area contributed by atoms with E-state index in [0.717, 1.165) is 16.4 Å². The minimum Gasteiger partial charge on any atom is -0.398 e. The molecule has 0 saturated carbocycles. The van der Waals surface area contributed by atoms with E-state index in [4.69, 9.17) is 11.0 Å². The summed E-state index contributed by atoms with van der Waals surface area (Å²) in [5, 5.41) is 8.49. The summed E-state index contributed by atoms with van der Waals surface area (Å²) in [5.74, 6) is -0.667. The van der Waals surface area contributed by atoms with Gasteiger partial charge in [0.2, 0.25) is 10.0 Å². The Hall–Kier alpha value is -1.65. The highest BCUT2D eigenvalue weighted by Gasteiger charge is 2.25. The van der Waals surface area contributed by atoms with Crippen molar-refractivity contribution in [3.8, 4) is 6.07 Å². The van der Waals surface area contributed by atoms with Crippen LogP contribution in [-0.4, -0.2) is 25.8 Å². The Labute approximate surface area is 106 Å². The highest BCUT2D eigenvalue weighted by atomic mass is 32.2. The normalized spacial score (nSPS) is 11.4. The highest BCUT2D eigenvalue weighted by molar-refractivity contribution is 7.89. The fourth-order valence-electron chi connectivity index (χ4n) is 1.49. The average Bonchev–Trinajstić information content (AvgIpc) is 2.33. The first-order chi connectivity index (χ1) is 8.43. The smallest absolute Gasteiger partial charge is 0.245 e. The van der Waals surface area contributed by atoms with E-state index in [1.807, 2.05) is 6.07 Å². The molecule has 0 radical (unpaired) electrons. The largest absolute Gasteiger partial charge is 0.398 e. The summed E-state index contributed by atoms with van der Waals surface area (Å²) in [5.41, 5.74) is 5.55. The van der Waals surface area contributed by atoms with Crippen molar-refractivity contribution < 1.29 is 12.8 Å². The molecule has 0 atom stereocenters. The third-order valence-corrected chi connectivity index (χ3v) is 4.45. The van der Waals surface area contributed by atoms with Gasteiger partial charge in [0.1, 0.15) is 10.7 Å². The minimum absolute atomic E-state index is 0.00759. The maximum absolute atomic E-state index is 13.1. The number of nitrogen functional groups attached to an aromatic ring is 1. The van der Waals surface area contributed by atoms with E-state index < -0.39 is 15.8 Å². The van der Waals surface area contributed by atoms with Crippen molar-refractivity contribution in [2.75, 3.05) is 18.8 Å². The van der Waals surface area contributed by atoms with Gasteiger partial charge in [0.05, 0.1) is 11.8 Å². The molecule has 0 aromatic heterocycles. The van der Waals surface area contributed by atoms with Crippen LogP contribution in [0.5, 0.6) is 0 Å². The quantitative estimate of drug-likeness (QED) is 0.818. The first-order valence-electron chi connectivity index (χ1n) is 5.35. The summed E-state index contributed by atoms with van der Waals surface area (Å²) in [6.07, 6.45) is 0.0717. The van der Waals surface area contributed by atoms with Gasteiger partial charge in [-0.1, -0.05) is 6.92 Å². The molecule has 0 amide bonds. The van der Waals surface area contributed by atoms with Crippen molar-refractivity contribution >= 4 is 15.7 Å². The lowest BCUT2D eigenvalue weighted by Crippen LogP contribution is -2.32. The predicted molar refractivity (Wildman–Crippen MR) is 65.5 cm³/mol. The predicted octanol–water partition coefficient (Wildman–Crippen LogP) is 1.33. The van der Waals surface area contributed by atoms with Crippen molar-refractivity contribution in [3.63, 3.8) is 0 Å². The fraction of sp³-hybridized carbons (Fsp3) is 0.364. The zero-order chi connectivity index (χ0) is 13.8. The first-order valence-corrected chi connectivity index (χ1v) is 6.79. The molecule has 0 aliphatic carbocycles. The number of anilines is 1. The van der Waals surface area contributed by atoms with Crippen LogP contribution in [0.25, 0.3) is 0 Å². The molecule has 1 aromatic carbocycles. The zero-order valence-electron chi connectivity index (χ0n) is 9.93. The van der Waals surface area contributed by atoms with E-state index in [1.54, 1.807) is 6.92 Å². The van der Waals surface area contributed by atoms with Crippen LogP contribution in [0.3, 0.4) is 0 Å². The molecular weight excluding hydrogens is 257 g/mol. The van der Waals surface area contributed by atoms with Gasteiger partial charge in [-0.2, -0.15) is 9.57 Å². The standard InChI is InChI=1S/C11H14FN3O2S/c1-2-15(7-3-6-13)18(16,17)11-8-9(12)4-5-10(11)14/h4-5,8H,2-3,7,14H2,1H3. The van der Waals surface area contributed by atoms with E-state index in [-0.39, 0.29) is 30.1 Å². The summed E-state index contributed by atoms with van der Waals surface area (Å²) in [7, 11) is -3.86. The van der Waals surface area contributed by atoms with Crippen LogP contribution in [0.15, 0.2) is 23.1 Å². The van der Waals surface area contributed by atoms with Gasteiger partial charge in [0.15, 0.2) is 0 Å². The highest BCUT2D eigenvalue weighted by Crippen LogP contribution is 2.23. The van der Waals surface area contributed by atoms with Crippen molar-refractivity contribution in [3.05, 3.63) is 24.0 Å². The maximum Gasteiger partial charge on any atom is 0.245 e. The Balaban J connectivity index is 3.19. The number of nitrogens with zero attached hydrogens (tertiary/aromatic N) is 2. The second-order valence-electron chi connectivity index (χ2n) is 3.59. The van der Waals surface area contributed by atoms with Crippen LogP contribution < -0.4 is 5.73 Å². The maximum atomic E-state index is 13.1. The Morgan fingerprint density at radius 1 is 1.50 bits per heavy atom. The van der Waals surface area contributed by atoms with Crippen molar-refractivity contribution in [2.24, 2.45) is 0 Å². The Bertz CT molecular complexity index is 566. The summed E-state index contributed by atoms with van der Waals surface area (Å²) < 4.78 is 38.6. The second-order valence-corrected chi connectivity index (χ2v) is 5.49. The SMILES string of the molecule is CCN(CCC#N)S(=O)(=O)c1cc(F)ccc1N. The lowest BCUT2D eigenvalue weighted by atomic mass is 10.3.